The molecule has 0 unspecified atom stereocenters. The zero-order valence-corrected chi connectivity index (χ0v) is 19.6. The Labute approximate surface area is 202 Å². The molecule has 0 aliphatic carbocycles. The lowest BCUT2D eigenvalue weighted by Crippen LogP contribution is -2.30. The molecule has 0 saturated carbocycles. The van der Waals surface area contributed by atoms with Gasteiger partial charge in [0.05, 0.1) is 17.0 Å². The van der Waals surface area contributed by atoms with Gasteiger partial charge < -0.3 is 26.0 Å². The van der Waals surface area contributed by atoms with Crippen LogP contribution in [-0.4, -0.2) is 60.9 Å². The van der Waals surface area contributed by atoms with Crippen LogP contribution in [0.2, 0.25) is 0 Å². The van der Waals surface area contributed by atoms with Gasteiger partial charge in [-0.25, -0.2) is 15.0 Å². The highest BCUT2D eigenvalue weighted by molar-refractivity contribution is 6.58. The number of carbonyl (C=O) groups excluding carboxylic acids is 1. The third-order valence-electron chi connectivity index (χ3n) is 6.27. The van der Waals surface area contributed by atoms with Crippen molar-refractivity contribution in [2.45, 2.75) is 26.4 Å². The number of fused-ring (bicyclic) bond motifs is 2. The van der Waals surface area contributed by atoms with Crippen molar-refractivity contribution in [2.75, 3.05) is 18.9 Å². The first-order chi connectivity index (χ1) is 16.8. The first-order valence-corrected chi connectivity index (χ1v) is 11.4. The molecule has 1 aromatic carbocycles. The number of nitrogens with two attached hydrogens (primary N) is 1. The van der Waals surface area contributed by atoms with E-state index in [0.29, 0.717) is 47.0 Å². The minimum absolute atomic E-state index is 0.337. The topological polar surface area (TPSA) is 142 Å². The van der Waals surface area contributed by atoms with Crippen LogP contribution in [0, 0.1) is 6.92 Å². The van der Waals surface area contributed by atoms with Crippen LogP contribution in [0.5, 0.6) is 0 Å². The van der Waals surface area contributed by atoms with Crippen LogP contribution in [0.1, 0.15) is 32.9 Å². The van der Waals surface area contributed by atoms with Crippen LogP contribution in [0.4, 0.5) is 5.82 Å². The van der Waals surface area contributed by atoms with Gasteiger partial charge in [0.1, 0.15) is 17.2 Å². The molecule has 10 nitrogen and oxygen atoms in total. The van der Waals surface area contributed by atoms with Gasteiger partial charge in [0, 0.05) is 31.4 Å². The molecule has 5 rings (SSSR count). The van der Waals surface area contributed by atoms with E-state index in [0.717, 1.165) is 35.6 Å². The number of rotatable bonds is 6. The van der Waals surface area contributed by atoms with E-state index in [2.05, 4.69) is 22.2 Å². The van der Waals surface area contributed by atoms with Gasteiger partial charge in [0.2, 0.25) is 0 Å². The van der Waals surface area contributed by atoms with Gasteiger partial charge in [0.15, 0.2) is 5.82 Å². The predicted molar refractivity (Wildman–Crippen MR) is 133 cm³/mol. The number of anilines is 1. The molecule has 0 spiro atoms. The first-order valence-electron chi connectivity index (χ1n) is 11.4. The Morgan fingerprint density at radius 1 is 1.20 bits per heavy atom. The van der Waals surface area contributed by atoms with Crippen molar-refractivity contribution in [2.24, 2.45) is 5.73 Å². The van der Waals surface area contributed by atoms with Gasteiger partial charge in [-0.15, -0.1) is 0 Å². The van der Waals surface area contributed by atoms with Crippen molar-refractivity contribution in [3.05, 3.63) is 70.7 Å². The molecule has 0 saturated heterocycles. The number of aromatic nitrogens is 4. The van der Waals surface area contributed by atoms with Crippen molar-refractivity contribution in [3.8, 4) is 11.5 Å². The van der Waals surface area contributed by atoms with Gasteiger partial charge in [0.25, 0.3) is 5.91 Å². The number of amides is 1. The number of primary amides is 1. The molecule has 0 bridgehead atoms. The van der Waals surface area contributed by atoms with E-state index in [1.165, 1.54) is 0 Å². The molecule has 11 heteroatoms. The highest BCUT2D eigenvalue weighted by Crippen LogP contribution is 2.29. The Balaban J connectivity index is 1.59. The fourth-order valence-electron chi connectivity index (χ4n) is 4.51. The zero-order chi connectivity index (χ0) is 24.7. The number of aryl methyl sites for hydroxylation is 1. The summed E-state index contributed by atoms with van der Waals surface area (Å²) in [4.78, 5) is 28.5. The van der Waals surface area contributed by atoms with Crippen molar-refractivity contribution in [1.29, 1.82) is 0 Å². The molecule has 3 aromatic heterocycles. The molecule has 0 atom stereocenters. The summed E-state index contributed by atoms with van der Waals surface area (Å²) in [6, 6.07) is 10.5. The Bertz CT molecular complexity index is 1440. The fourth-order valence-corrected chi connectivity index (χ4v) is 4.51. The predicted octanol–water partition coefficient (Wildman–Crippen LogP) is 0.478. The van der Waals surface area contributed by atoms with E-state index < -0.39 is 13.0 Å². The summed E-state index contributed by atoms with van der Waals surface area (Å²) >= 11 is 0. The molecule has 1 amide bonds. The number of hydrogen-bond donors (Lipinski definition) is 4. The van der Waals surface area contributed by atoms with Crippen molar-refractivity contribution >= 4 is 30.0 Å². The lowest BCUT2D eigenvalue weighted by Gasteiger charge is -2.26. The average molecular weight is 471 g/mol. The maximum absolute atomic E-state index is 11.9. The van der Waals surface area contributed by atoms with E-state index in [4.69, 9.17) is 15.7 Å². The van der Waals surface area contributed by atoms with Crippen molar-refractivity contribution in [1.82, 2.24) is 24.3 Å². The van der Waals surface area contributed by atoms with Gasteiger partial charge in [-0.2, -0.15) is 0 Å². The number of carbonyl (C=O) groups is 1. The normalized spacial score (nSPS) is 13.6. The van der Waals surface area contributed by atoms with Crippen LogP contribution >= 0.6 is 0 Å². The molecule has 1 aliphatic heterocycles. The highest BCUT2D eigenvalue weighted by atomic mass is 16.4. The molecule has 4 heterocycles. The Kier molecular flexibility index (Phi) is 5.97. The number of pyridine rings is 1. The van der Waals surface area contributed by atoms with E-state index >= 15 is 0 Å². The van der Waals surface area contributed by atoms with Crippen LogP contribution in [0.25, 0.3) is 17.2 Å². The number of hydrogen-bond acceptors (Lipinski definition) is 8. The van der Waals surface area contributed by atoms with E-state index in [1.54, 1.807) is 34.7 Å². The summed E-state index contributed by atoms with van der Waals surface area (Å²) in [5, 5.41) is 22.4. The minimum Gasteiger partial charge on any atom is -0.423 e. The number of imidazole rings is 1. The van der Waals surface area contributed by atoms with Crippen LogP contribution in [0.3, 0.4) is 0 Å². The second kappa shape index (κ2) is 9.10. The molecule has 5 N–H and O–H groups in total. The Hall–Kier alpha value is -3.80. The molecular formula is C24H26BN7O3. The monoisotopic (exact) mass is 471 g/mol. The number of nitrogens with one attached hydrogen (secondary N) is 1. The summed E-state index contributed by atoms with van der Waals surface area (Å²) in [7, 11) is 0.537. The van der Waals surface area contributed by atoms with Crippen LogP contribution in [-0.2, 0) is 19.5 Å². The summed E-state index contributed by atoms with van der Waals surface area (Å²) in [5.41, 5.74) is 11.1. The highest BCUT2D eigenvalue weighted by Gasteiger charge is 2.24. The van der Waals surface area contributed by atoms with Crippen molar-refractivity contribution < 1.29 is 14.8 Å². The molecule has 1 aliphatic rings. The third-order valence-corrected chi connectivity index (χ3v) is 6.27. The maximum atomic E-state index is 11.9. The van der Waals surface area contributed by atoms with Crippen LogP contribution in [0.15, 0.2) is 42.6 Å². The molecule has 0 radical (unpaired) electrons. The Morgan fingerprint density at radius 3 is 2.80 bits per heavy atom. The SMILES string of the molecule is Cc1nc2c(C(N)=O)cccn2c1-c1nc2c(c(NCc3cccc(B(O)O)c3)n1)CCN(C)C2. The minimum atomic E-state index is -1.52. The number of nitrogens with zero attached hydrogens (tertiary/aromatic N) is 5. The molecule has 4 aromatic rings. The van der Waals surface area contributed by atoms with Crippen LogP contribution < -0.4 is 16.5 Å². The second-order valence-corrected chi connectivity index (χ2v) is 8.81. The first kappa shape index (κ1) is 23.0. The quantitative estimate of drug-likeness (QED) is 0.298. The smallest absolute Gasteiger partial charge is 0.423 e. The summed E-state index contributed by atoms with van der Waals surface area (Å²) in [6.07, 6.45) is 2.63. The van der Waals surface area contributed by atoms with Gasteiger partial charge in [-0.3, -0.25) is 9.20 Å². The average Bonchev–Trinajstić information content (AvgIpc) is 3.17. The second-order valence-electron chi connectivity index (χ2n) is 8.81. The van der Waals surface area contributed by atoms with Gasteiger partial charge in [-0.05, 0) is 43.6 Å². The fraction of sp³-hybridized carbons (Fsp3) is 0.250. The molecule has 35 heavy (non-hydrogen) atoms. The van der Waals surface area contributed by atoms with E-state index in [-0.39, 0.29) is 0 Å². The molecule has 0 fully saturated rings. The summed E-state index contributed by atoms with van der Waals surface area (Å²) < 4.78 is 1.81. The Morgan fingerprint density at radius 2 is 2.03 bits per heavy atom. The molecule has 178 valence electrons. The number of benzene rings is 1. The van der Waals surface area contributed by atoms with Gasteiger partial charge in [-0.1, -0.05) is 24.3 Å². The lowest BCUT2D eigenvalue weighted by atomic mass is 9.79. The lowest BCUT2D eigenvalue weighted by molar-refractivity contribution is 0.100. The summed E-state index contributed by atoms with van der Waals surface area (Å²) in [5.74, 6) is 0.693. The van der Waals surface area contributed by atoms with Gasteiger partial charge >= 0.3 is 7.12 Å². The standard InChI is InChI=1S/C24H26BN7O3/c1-14-20(32-9-4-7-18(21(26)33)24(32)28-14)23-29-19-13-31(2)10-8-17(19)22(30-23)27-12-15-5-3-6-16(11-15)25(34)35/h3-7,9,11,34-35H,8,10,12-13H2,1-2H3,(H2,26,33)(H,27,29,30). The third kappa shape index (κ3) is 4.36. The molecular weight excluding hydrogens is 445 g/mol. The number of likely N-dealkylation sites (N-methyl/N-ethyl adjacent to an activating group) is 1. The van der Waals surface area contributed by atoms with E-state index in [9.17, 15) is 14.8 Å². The van der Waals surface area contributed by atoms with Crippen molar-refractivity contribution in [3.63, 3.8) is 0 Å². The zero-order valence-electron chi connectivity index (χ0n) is 19.6. The summed E-state index contributed by atoms with van der Waals surface area (Å²) in [6.45, 7) is 3.90. The van der Waals surface area contributed by atoms with E-state index in [1.807, 2.05) is 19.2 Å². The largest absolute Gasteiger partial charge is 0.488 e. The maximum Gasteiger partial charge on any atom is 0.488 e.